The van der Waals surface area contributed by atoms with Gasteiger partial charge in [0.05, 0.1) is 10.4 Å². The number of nitrogens with one attached hydrogen (secondary N) is 2. The van der Waals surface area contributed by atoms with Gasteiger partial charge < -0.3 is 20.3 Å². The molecule has 3 aromatic rings. The minimum atomic E-state index is -1.29. The average Bonchev–Trinajstić information content (AvgIpc) is 3.17. The third kappa shape index (κ3) is 4.74. The zero-order chi connectivity index (χ0) is 23.6. The first-order valence-corrected chi connectivity index (χ1v) is 11.8. The topological polar surface area (TPSA) is 87.4 Å². The van der Waals surface area contributed by atoms with Crippen LogP contribution in [0.15, 0.2) is 51.5 Å². The fraction of sp³-hybridized carbons (Fsp3) is 0.360. The first-order chi connectivity index (χ1) is 15.8. The number of aryl methyl sites for hydroxylation is 1. The van der Waals surface area contributed by atoms with Gasteiger partial charge in [0, 0.05) is 25.6 Å². The maximum Gasteiger partial charge on any atom is 0.216 e. The van der Waals surface area contributed by atoms with Crippen molar-refractivity contribution in [2.75, 3.05) is 19.6 Å². The molecular weight excluding hydrogens is 489 g/mol. The maximum atomic E-state index is 14.3. The Morgan fingerprint density at radius 3 is 2.91 bits per heavy atom. The summed E-state index contributed by atoms with van der Waals surface area (Å²) in [6.07, 6.45) is 1.05. The van der Waals surface area contributed by atoms with Crippen molar-refractivity contribution in [3.05, 3.63) is 75.1 Å². The highest BCUT2D eigenvalue weighted by Gasteiger charge is 2.44. The molecular formula is C25H27BrFN3O3. The van der Waals surface area contributed by atoms with Crippen LogP contribution in [0.25, 0.3) is 11.3 Å². The van der Waals surface area contributed by atoms with Gasteiger partial charge in [-0.1, -0.05) is 41.6 Å². The zero-order valence-electron chi connectivity index (χ0n) is 18.6. The molecule has 1 amide bonds. The molecule has 1 aliphatic rings. The van der Waals surface area contributed by atoms with E-state index in [0.29, 0.717) is 59.5 Å². The van der Waals surface area contributed by atoms with Crippen molar-refractivity contribution in [3.63, 3.8) is 0 Å². The SMILES string of the molecule is CC(=O)NCCc1ccccc1-c1onc([C@H]2CNCC[C@]2(O)c2ccc(C)c(F)c2)c1Br. The number of amides is 1. The molecule has 174 valence electrons. The van der Waals surface area contributed by atoms with Crippen LogP contribution in [0.4, 0.5) is 4.39 Å². The van der Waals surface area contributed by atoms with Gasteiger partial charge in [-0.2, -0.15) is 0 Å². The lowest BCUT2D eigenvalue weighted by Crippen LogP contribution is -2.47. The van der Waals surface area contributed by atoms with Gasteiger partial charge in [-0.3, -0.25) is 4.79 Å². The third-order valence-corrected chi connectivity index (χ3v) is 7.07. The highest BCUT2D eigenvalue weighted by atomic mass is 79.9. The molecule has 1 saturated heterocycles. The standard InChI is InChI=1S/C25H27BrFN3O3/c1-15-7-8-18(13-21(15)27)25(32)10-12-28-14-20(25)23-22(26)24(33-30-23)19-6-4-3-5-17(19)9-11-29-16(2)31/h3-8,13,20,28,32H,9-12,14H2,1-2H3,(H,29,31)/t20-,25+/m1/s1. The summed E-state index contributed by atoms with van der Waals surface area (Å²) in [6.45, 7) is 4.78. The summed E-state index contributed by atoms with van der Waals surface area (Å²) >= 11 is 3.66. The van der Waals surface area contributed by atoms with Crippen molar-refractivity contribution in [2.24, 2.45) is 0 Å². The van der Waals surface area contributed by atoms with E-state index in [2.05, 4.69) is 31.7 Å². The monoisotopic (exact) mass is 515 g/mol. The summed E-state index contributed by atoms with van der Waals surface area (Å²) in [5, 5.41) is 22.2. The van der Waals surface area contributed by atoms with Gasteiger partial charge in [0.15, 0.2) is 5.76 Å². The van der Waals surface area contributed by atoms with E-state index in [4.69, 9.17) is 4.52 Å². The lowest BCUT2D eigenvalue weighted by Gasteiger charge is -2.40. The van der Waals surface area contributed by atoms with Crippen LogP contribution in [0, 0.1) is 12.7 Å². The second-order valence-electron chi connectivity index (χ2n) is 8.50. The number of carbonyl (C=O) groups is 1. The summed E-state index contributed by atoms with van der Waals surface area (Å²) in [4.78, 5) is 11.2. The quantitative estimate of drug-likeness (QED) is 0.458. The van der Waals surface area contributed by atoms with E-state index in [1.54, 1.807) is 19.1 Å². The predicted octanol–water partition coefficient (Wildman–Crippen LogP) is 4.19. The highest BCUT2D eigenvalue weighted by Crippen LogP contribution is 2.46. The van der Waals surface area contributed by atoms with Gasteiger partial charge in [0.1, 0.15) is 17.1 Å². The molecule has 2 atom stereocenters. The number of nitrogens with zero attached hydrogens (tertiary/aromatic N) is 1. The Balaban J connectivity index is 1.70. The van der Waals surface area contributed by atoms with Gasteiger partial charge in [-0.15, -0.1) is 0 Å². The zero-order valence-corrected chi connectivity index (χ0v) is 20.2. The smallest absolute Gasteiger partial charge is 0.216 e. The van der Waals surface area contributed by atoms with E-state index < -0.39 is 11.5 Å². The van der Waals surface area contributed by atoms with Gasteiger partial charge in [-0.05, 0) is 65.0 Å². The fourth-order valence-electron chi connectivity index (χ4n) is 4.41. The summed E-state index contributed by atoms with van der Waals surface area (Å²) in [5.74, 6) is -0.295. The Morgan fingerprint density at radius 1 is 1.36 bits per heavy atom. The van der Waals surface area contributed by atoms with Crippen LogP contribution in [0.5, 0.6) is 0 Å². The number of halogens is 2. The van der Waals surface area contributed by atoms with Gasteiger partial charge in [-0.25, -0.2) is 4.39 Å². The molecule has 0 spiro atoms. The Morgan fingerprint density at radius 2 is 2.15 bits per heavy atom. The molecule has 1 aliphatic heterocycles. The number of hydrogen-bond acceptors (Lipinski definition) is 5. The summed E-state index contributed by atoms with van der Waals surface area (Å²) < 4.78 is 20.8. The summed E-state index contributed by atoms with van der Waals surface area (Å²) in [5.41, 5.74) is 2.23. The molecule has 1 aromatic heterocycles. The lowest BCUT2D eigenvalue weighted by molar-refractivity contribution is -0.118. The molecule has 0 bridgehead atoms. The molecule has 0 unspecified atom stereocenters. The Hall–Kier alpha value is -2.55. The van der Waals surface area contributed by atoms with Crippen LogP contribution in [0.3, 0.4) is 0 Å². The minimum Gasteiger partial charge on any atom is -0.384 e. The van der Waals surface area contributed by atoms with Crippen molar-refractivity contribution in [2.45, 2.75) is 38.2 Å². The van der Waals surface area contributed by atoms with Crippen molar-refractivity contribution in [1.82, 2.24) is 15.8 Å². The molecule has 0 aliphatic carbocycles. The van der Waals surface area contributed by atoms with Crippen LogP contribution >= 0.6 is 15.9 Å². The molecule has 8 heteroatoms. The number of hydrogen-bond donors (Lipinski definition) is 3. The van der Waals surface area contributed by atoms with E-state index in [9.17, 15) is 14.3 Å². The summed E-state index contributed by atoms with van der Waals surface area (Å²) in [7, 11) is 0. The van der Waals surface area contributed by atoms with E-state index >= 15 is 0 Å². The number of piperidine rings is 1. The minimum absolute atomic E-state index is 0.0766. The fourth-order valence-corrected chi connectivity index (χ4v) is 5.04. The Labute approximate surface area is 200 Å². The number of benzene rings is 2. The molecule has 0 saturated carbocycles. The van der Waals surface area contributed by atoms with Crippen molar-refractivity contribution >= 4 is 21.8 Å². The molecule has 33 heavy (non-hydrogen) atoms. The maximum absolute atomic E-state index is 14.3. The van der Waals surface area contributed by atoms with E-state index in [-0.39, 0.29) is 11.7 Å². The van der Waals surface area contributed by atoms with E-state index in [1.807, 2.05) is 24.3 Å². The number of aliphatic hydroxyl groups is 1. The second kappa shape index (κ2) is 9.75. The van der Waals surface area contributed by atoms with Crippen LogP contribution < -0.4 is 10.6 Å². The van der Waals surface area contributed by atoms with Crippen molar-refractivity contribution in [1.29, 1.82) is 0 Å². The van der Waals surface area contributed by atoms with Crippen LogP contribution in [-0.2, 0) is 16.8 Å². The number of rotatable bonds is 6. The molecule has 0 radical (unpaired) electrons. The molecule has 2 aromatic carbocycles. The predicted molar refractivity (Wildman–Crippen MR) is 127 cm³/mol. The largest absolute Gasteiger partial charge is 0.384 e. The van der Waals surface area contributed by atoms with Crippen molar-refractivity contribution in [3.8, 4) is 11.3 Å². The normalized spacial score (nSPS) is 20.6. The highest BCUT2D eigenvalue weighted by molar-refractivity contribution is 9.10. The van der Waals surface area contributed by atoms with Crippen LogP contribution in [0.2, 0.25) is 0 Å². The summed E-state index contributed by atoms with van der Waals surface area (Å²) in [6, 6.07) is 12.7. The Bertz CT molecular complexity index is 1170. The van der Waals surface area contributed by atoms with Crippen molar-refractivity contribution < 1.29 is 18.8 Å². The number of carbonyl (C=O) groups excluding carboxylic acids is 1. The molecule has 4 rings (SSSR count). The number of aromatic nitrogens is 1. The average molecular weight is 516 g/mol. The lowest BCUT2D eigenvalue weighted by atomic mass is 9.74. The first kappa shape index (κ1) is 23.6. The molecule has 2 heterocycles. The van der Waals surface area contributed by atoms with Gasteiger partial charge in [0.25, 0.3) is 0 Å². The molecule has 6 nitrogen and oxygen atoms in total. The Kier molecular flexibility index (Phi) is 6.97. The molecule has 3 N–H and O–H groups in total. The van der Waals surface area contributed by atoms with E-state index in [0.717, 1.165) is 11.1 Å². The molecule has 1 fully saturated rings. The third-order valence-electron chi connectivity index (χ3n) is 6.30. The van der Waals surface area contributed by atoms with Crippen LogP contribution in [0.1, 0.15) is 41.6 Å². The first-order valence-electron chi connectivity index (χ1n) is 11.0. The van der Waals surface area contributed by atoms with E-state index in [1.165, 1.54) is 13.0 Å². The second-order valence-corrected chi connectivity index (χ2v) is 9.29. The van der Waals surface area contributed by atoms with Crippen LogP contribution in [-0.4, -0.2) is 35.8 Å². The van der Waals surface area contributed by atoms with Gasteiger partial charge in [0.2, 0.25) is 5.91 Å². The van der Waals surface area contributed by atoms with Gasteiger partial charge >= 0.3 is 0 Å².